The minimum absolute atomic E-state index is 0.285. The van der Waals surface area contributed by atoms with Crippen molar-refractivity contribution in [3.05, 3.63) is 29.3 Å². The van der Waals surface area contributed by atoms with E-state index >= 15 is 0 Å². The normalized spacial score (nSPS) is 28.7. The van der Waals surface area contributed by atoms with Gasteiger partial charge in [-0.1, -0.05) is 12.1 Å². The van der Waals surface area contributed by atoms with E-state index in [0.717, 1.165) is 56.0 Å². The summed E-state index contributed by atoms with van der Waals surface area (Å²) < 4.78 is 5.30. The smallest absolute Gasteiger partial charge is 0.240 e. The molecule has 138 valence electrons. The molecule has 7 nitrogen and oxygen atoms in total. The van der Waals surface area contributed by atoms with E-state index in [-0.39, 0.29) is 5.41 Å². The number of aryl methyl sites for hydroxylation is 2. The summed E-state index contributed by atoms with van der Waals surface area (Å²) in [5.41, 5.74) is 1.38. The predicted octanol–water partition coefficient (Wildman–Crippen LogP) is 2.31. The van der Waals surface area contributed by atoms with Gasteiger partial charge in [0, 0.05) is 49.3 Å². The number of aromatic nitrogens is 4. The van der Waals surface area contributed by atoms with Crippen LogP contribution in [0.5, 0.6) is 0 Å². The molecule has 0 radical (unpaired) electrons. The first kappa shape index (κ1) is 16.2. The summed E-state index contributed by atoms with van der Waals surface area (Å²) in [6.07, 6.45) is 2.49. The molecule has 2 aromatic rings. The van der Waals surface area contributed by atoms with Crippen molar-refractivity contribution in [2.75, 3.05) is 31.1 Å². The van der Waals surface area contributed by atoms with Gasteiger partial charge in [0.15, 0.2) is 5.82 Å². The highest BCUT2D eigenvalue weighted by Gasteiger charge is 2.49. The van der Waals surface area contributed by atoms with Crippen LogP contribution >= 0.6 is 0 Å². The molecule has 26 heavy (non-hydrogen) atoms. The molecule has 3 fully saturated rings. The van der Waals surface area contributed by atoms with Crippen LogP contribution in [0.3, 0.4) is 0 Å². The van der Waals surface area contributed by atoms with Crippen molar-refractivity contribution in [3.63, 3.8) is 0 Å². The van der Waals surface area contributed by atoms with Crippen molar-refractivity contribution in [1.29, 1.82) is 0 Å². The van der Waals surface area contributed by atoms with Crippen LogP contribution in [-0.2, 0) is 6.54 Å². The van der Waals surface area contributed by atoms with Gasteiger partial charge >= 0.3 is 0 Å². The summed E-state index contributed by atoms with van der Waals surface area (Å²) in [6.45, 7) is 11.4. The zero-order valence-electron chi connectivity index (χ0n) is 15.8. The Labute approximate surface area is 153 Å². The Morgan fingerprint density at radius 1 is 1.15 bits per heavy atom. The topological polar surface area (TPSA) is 71.2 Å². The van der Waals surface area contributed by atoms with Crippen molar-refractivity contribution >= 4 is 5.82 Å². The highest BCUT2D eigenvalue weighted by Crippen LogP contribution is 2.44. The number of hydrogen-bond donors (Lipinski definition) is 0. The van der Waals surface area contributed by atoms with E-state index in [2.05, 4.69) is 44.8 Å². The van der Waals surface area contributed by atoms with E-state index in [0.29, 0.717) is 17.7 Å². The summed E-state index contributed by atoms with van der Waals surface area (Å²) in [5.74, 6) is 4.85. The van der Waals surface area contributed by atoms with Gasteiger partial charge in [-0.2, -0.15) is 4.98 Å². The third-order valence-electron chi connectivity index (χ3n) is 6.09. The summed E-state index contributed by atoms with van der Waals surface area (Å²) in [7, 11) is 0. The van der Waals surface area contributed by atoms with E-state index in [1.165, 1.54) is 12.8 Å². The van der Waals surface area contributed by atoms with E-state index in [1.54, 1.807) is 0 Å². The van der Waals surface area contributed by atoms with Gasteiger partial charge in [-0.25, -0.2) is 9.97 Å². The molecule has 0 unspecified atom stereocenters. The van der Waals surface area contributed by atoms with Crippen LogP contribution < -0.4 is 4.90 Å². The second-order valence-electron chi connectivity index (χ2n) is 8.64. The molecule has 2 saturated heterocycles. The van der Waals surface area contributed by atoms with E-state index in [1.807, 2.05) is 6.92 Å². The Morgan fingerprint density at radius 2 is 2.00 bits per heavy atom. The van der Waals surface area contributed by atoms with Gasteiger partial charge in [0.2, 0.25) is 5.89 Å². The van der Waals surface area contributed by atoms with Crippen LogP contribution in [0.25, 0.3) is 0 Å². The van der Waals surface area contributed by atoms with E-state index < -0.39 is 0 Å². The fourth-order valence-electron chi connectivity index (χ4n) is 4.61. The molecule has 0 N–H and O–H groups in total. The molecule has 2 aliphatic heterocycles. The minimum Gasteiger partial charge on any atom is -0.356 e. The van der Waals surface area contributed by atoms with Crippen molar-refractivity contribution in [1.82, 2.24) is 25.0 Å². The first-order valence-corrected chi connectivity index (χ1v) is 9.61. The second kappa shape index (κ2) is 5.74. The van der Waals surface area contributed by atoms with Gasteiger partial charge in [-0.15, -0.1) is 0 Å². The highest BCUT2D eigenvalue weighted by atomic mass is 16.5. The quantitative estimate of drug-likeness (QED) is 0.834. The van der Waals surface area contributed by atoms with Crippen LogP contribution in [0.1, 0.15) is 48.9 Å². The minimum atomic E-state index is 0.285. The molecule has 7 heteroatoms. The lowest BCUT2D eigenvalue weighted by Gasteiger charge is -2.25. The van der Waals surface area contributed by atoms with E-state index in [4.69, 9.17) is 9.51 Å². The third-order valence-corrected chi connectivity index (χ3v) is 6.09. The third kappa shape index (κ3) is 2.88. The molecular weight excluding hydrogens is 328 g/mol. The Kier molecular flexibility index (Phi) is 3.57. The Bertz CT molecular complexity index is 831. The number of nitrogens with zero attached hydrogens (tertiary/aromatic N) is 6. The lowest BCUT2D eigenvalue weighted by Crippen LogP contribution is -2.32. The Morgan fingerprint density at radius 3 is 2.69 bits per heavy atom. The van der Waals surface area contributed by atoms with Gasteiger partial charge in [0.05, 0.1) is 6.54 Å². The molecule has 1 aliphatic carbocycles. The van der Waals surface area contributed by atoms with Crippen molar-refractivity contribution < 1.29 is 4.52 Å². The molecule has 2 atom stereocenters. The molecule has 0 aromatic carbocycles. The molecule has 0 amide bonds. The van der Waals surface area contributed by atoms with Crippen molar-refractivity contribution in [2.24, 2.45) is 11.3 Å². The zero-order chi connectivity index (χ0) is 17.9. The average molecular weight is 354 g/mol. The van der Waals surface area contributed by atoms with Crippen LogP contribution in [0.4, 0.5) is 5.82 Å². The number of fused-ring (bicyclic) bond motifs is 1. The number of likely N-dealkylation sites (tertiary alicyclic amines) is 1. The molecule has 0 bridgehead atoms. The average Bonchev–Trinajstić information content (AvgIpc) is 3.19. The highest BCUT2D eigenvalue weighted by molar-refractivity contribution is 5.43. The monoisotopic (exact) mass is 354 g/mol. The summed E-state index contributed by atoms with van der Waals surface area (Å²) >= 11 is 0. The maximum atomic E-state index is 5.30. The lowest BCUT2D eigenvalue weighted by atomic mass is 9.83. The first-order valence-electron chi connectivity index (χ1n) is 9.61. The summed E-state index contributed by atoms with van der Waals surface area (Å²) in [4.78, 5) is 18.8. The van der Waals surface area contributed by atoms with Crippen LogP contribution in [0, 0.1) is 25.2 Å². The van der Waals surface area contributed by atoms with Gasteiger partial charge in [-0.3, -0.25) is 4.90 Å². The molecule has 5 rings (SSSR count). The first-order chi connectivity index (χ1) is 12.5. The van der Waals surface area contributed by atoms with Crippen molar-refractivity contribution in [3.8, 4) is 0 Å². The fourth-order valence-corrected chi connectivity index (χ4v) is 4.61. The summed E-state index contributed by atoms with van der Waals surface area (Å²) in [5, 5.41) is 3.90. The molecular formula is C19H26N6O. The van der Waals surface area contributed by atoms with Crippen LogP contribution in [0.2, 0.25) is 0 Å². The number of anilines is 1. The van der Waals surface area contributed by atoms with Crippen molar-refractivity contribution in [2.45, 2.75) is 46.1 Å². The fraction of sp³-hybridized carbons (Fsp3) is 0.684. The van der Waals surface area contributed by atoms with Gasteiger partial charge < -0.3 is 9.42 Å². The van der Waals surface area contributed by atoms with Crippen LogP contribution in [0.15, 0.2) is 10.6 Å². The van der Waals surface area contributed by atoms with Gasteiger partial charge in [0.25, 0.3) is 0 Å². The van der Waals surface area contributed by atoms with Gasteiger partial charge in [0.1, 0.15) is 11.6 Å². The maximum absolute atomic E-state index is 5.30. The van der Waals surface area contributed by atoms with E-state index in [9.17, 15) is 0 Å². The predicted molar refractivity (Wildman–Crippen MR) is 96.9 cm³/mol. The van der Waals surface area contributed by atoms with Gasteiger partial charge in [-0.05, 0) is 32.6 Å². The van der Waals surface area contributed by atoms with Crippen LogP contribution in [-0.4, -0.2) is 51.2 Å². The molecule has 1 saturated carbocycles. The largest absolute Gasteiger partial charge is 0.356 e. The molecule has 4 heterocycles. The lowest BCUT2D eigenvalue weighted by molar-refractivity contribution is 0.239. The maximum Gasteiger partial charge on any atom is 0.240 e. The molecule has 0 spiro atoms. The molecule has 2 aromatic heterocycles. The summed E-state index contributed by atoms with van der Waals surface area (Å²) in [6, 6.07) is 2.15. The number of rotatable bonds is 4. The Hall–Kier alpha value is -2.02. The zero-order valence-corrected chi connectivity index (χ0v) is 15.8. The molecule has 3 aliphatic rings. The number of hydrogen-bond acceptors (Lipinski definition) is 7. The Balaban J connectivity index is 1.29. The standard InChI is InChI=1S/C19H26N6O/c1-12-6-16(22-18(20-12)14-4-5-14)25-8-15-7-24(10-19(15,3)11-25)9-17-21-13(2)23-26-17/h6,14-15H,4-5,7-11H2,1-3H3/t15-,19+/m1/s1. The SMILES string of the molecule is Cc1cc(N2C[C@H]3CN(Cc4nc(C)no4)C[C@@]3(C)C2)nc(C2CC2)n1. The second-order valence-corrected chi connectivity index (χ2v) is 8.64.